The van der Waals surface area contributed by atoms with Gasteiger partial charge in [0.05, 0.1) is 10.8 Å². The van der Waals surface area contributed by atoms with E-state index in [1.807, 2.05) is 18.2 Å². The molecule has 0 spiro atoms. The maximum absolute atomic E-state index is 9.56. The number of phenols is 2. The molecule has 0 aliphatic heterocycles. The van der Waals surface area contributed by atoms with Gasteiger partial charge in [0.25, 0.3) is 0 Å². The van der Waals surface area contributed by atoms with E-state index in [0.29, 0.717) is 11.5 Å². The lowest BCUT2D eigenvalue weighted by Gasteiger charge is -2.06. The van der Waals surface area contributed by atoms with Gasteiger partial charge in [-0.2, -0.15) is 0 Å². The standard InChI is InChI=1S/C30H20O4S/c31-20-6-10-22(11-7-20)33-24-14-16-29-27(18-24)28-19-25(34-23-12-8-21(32)9-13-23)15-17-30(28)35(29)26-4-2-1-3-5-26/h1-19H,(H-,31,32)/p+1. The van der Waals surface area contributed by atoms with Gasteiger partial charge >= 0.3 is 0 Å². The highest BCUT2D eigenvalue weighted by Gasteiger charge is 2.24. The van der Waals surface area contributed by atoms with E-state index >= 15 is 0 Å². The minimum atomic E-state index is -0.233. The van der Waals surface area contributed by atoms with Gasteiger partial charge in [-0.15, -0.1) is 0 Å². The molecule has 5 aromatic carbocycles. The van der Waals surface area contributed by atoms with E-state index in [0.717, 1.165) is 22.3 Å². The Labute approximate surface area is 204 Å². The topological polar surface area (TPSA) is 58.9 Å². The van der Waals surface area contributed by atoms with Gasteiger partial charge in [0.15, 0.2) is 14.3 Å². The van der Waals surface area contributed by atoms with Crippen LogP contribution in [0.25, 0.3) is 25.1 Å². The summed E-state index contributed by atoms with van der Waals surface area (Å²) < 4.78 is 14.7. The zero-order valence-electron chi connectivity index (χ0n) is 18.6. The van der Waals surface area contributed by atoms with Crippen molar-refractivity contribution < 1.29 is 19.7 Å². The summed E-state index contributed by atoms with van der Waals surface area (Å²) in [4.78, 5) is 1.26. The fraction of sp³-hybridized carbons (Fsp3) is 0. The zero-order chi connectivity index (χ0) is 23.8. The van der Waals surface area contributed by atoms with Crippen LogP contribution in [-0.2, 0) is 0 Å². The second-order valence-corrected chi connectivity index (χ2v) is 10.1. The molecule has 170 valence electrons. The lowest BCUT2D eigenvalue weighted by Crippen LogP contribution is -1.84. The van der Waals surface area contributed by atoms with Crippen molar-refractivity contribution in [3.8, 4) is 39.4 Å². The van der Waals surface area contributed by atoms with Gasteiger partial charge in [0.1, 0.15) is 34.5 Å². The molecule has 2 N–H and O–H groups in total. The summed E-state index contributed by atoms with van der Waals surface area (Å²) in [5.74, 6) is 3.17. The quantitative estimate of drug-likeness (QED) is 0.244. The molecule has 0 aliphatic carbocycles. The van der Waals surface area contributed by atoms with Gasteiger partial charge < -0.3 is 19.7 Å². The SMILES string of the molecule is Oc1ccc(Oc2ccc3c(c2)c2cc(Oc4ccc(O)cc4)ccc2[s+]3-c2ccccc2)cc1. The maximum atomic E-state index is 9.56. The summed E-state index contributed by atoms with van der Waals surface area (Å²) in [7, 11) is -0.233. The van der Waals surface area contributed by atoms with Crippen LogP contribution >= 0.6 is 10.5 Å². The fourth-order valence-corrected chi connectivity index (χ4v) is 6.51. The van der Waals surface area contributed by atoms with Crippen molar-refractivity contribution in [2.45, 2.75) is 0 Å². The number of thiophene rings is 1. The van der Waals surface area contributed by atoms with E-state index in [9.17, 15) is 10.2 Å². The summed E-state index contributed by atoms with van der Waals surface area (Å²) in [6.45, 7) is 0. The van der Waals surface area contributed by atoms with Gasteiger partial charge in [-0.3, -0.25) is 0 Å². The first kappa shape index (κ1) is 21.1. The largest absolute Gasteiger partial charge is 0.508 e. The summed E-state index contributed by atoms with van der Waals surface area (Å²) in [6.07, 6.45) is 0. The smallest absolute Gasteiger partial charge is 0.188 e. The molecule has 6 rings (SSSR count). The van der Waals surface area contributed by atoms with Crippen molar-refractivity contribution in [3.63, 3.8) is 0 Å². The molecule has 1 heterocycles. The molecule has 1 aromatic heterocycles. The highest BCUT2D eigenvalue weighted by Crippen LogP contribution is 2.50. The van der Waals surface area contributed by atoms with Crippen LogP contribution in [0, 0.1) is 0 Å². The Morgan fingerprint density at radius 1 is 0.457 bits per heavy atom. The van der Waals surface area contributed by atoms with Gasteiger partial charge in [0.2, 0.25) is 0 Å². The maximum Gasteiger partial charge on any atom is 0.188 e. The molecular weight excluding hydrogens is 456 g/mol. The Morgan fingerprint density at radius 2 is 0.886 bits per heavy atom. The van der Waals surface area contributed by atoms with Crippen LogP contribution in [-0.4, -0.2) is 10.2 Å². The summed E-state index contributed by atoms with van der Waals surface area (Å²) in [6, 6.07) is 36.4. The molecule has 35 heavy (non-hydrogen) atoms. The number of benzene rings is 5. The van der Waals surface area contributed by atoms with Crippen LogP contribution in [0.1, 0.15) is 0 Å². The summed E-state index contributed by atoms with van der Waals surface area (Å²) >= 11 is 0. The van der Waals surface area contributed by atoms with E-state index in [1.165, 1.54) is 14.3 Å². The van der Waals surface area contributed by atoms with Crippen molar-refractivity contribution in [2.24, 2.45) is 0 Å². The molecule has 0 bridgehead atoms. The molecule has 0 saturated carbocycles. The minimum absolute atomic E-state index is 0.202. The molecule has 5 heteroatoms. The summed E-state index contributed by atoms with van der Waals surface area (Å²) in [5, 5.41) is 21.3. The first-order valence-corrected chi connectivity index (χ1v) is 12.4. The van der Waals surface area contributed by atoms with Crippen molar-refractivity contribution in [3.05, 3.63) is 115 Å². The predicted molar refractivity (Wildman–Crippen MR) is 142 cm³/mol. The normalized spacial score (nSPS) is 11.1. The Balaban J connectivity index is 1.49. The van der Waals surface area contributed by atoms with E-state index in [-0.39, 0.29) is 22.0 Å². The van der Waals surface area contributed by atoms with Gasteiger partial charge in [-0.1, -0.05) is 18.2 Å². The van der Waals surface area contributed by atoms with Crippen LogP contribution in [0.4, 0.5) is 0 Å². The van der Waals surface area contributed by atoms with Crippen LogP contribution in [0.2, 0.25) is 0 Å². The Kier molecular flexibility index (Phi) is 5.24. The molecular formula is C30H21O4S+. The first-order valence-electron chi connectivity index (χ1n) is 11.2. The third-order valence-electron chi connectivity index (χ3n) is 5.76. The number of ether oxygens (including phenoxy) is 2. The summed E-state index contributed by atoms with van der Waals surface area (Å²) in [5.41, 5.74) is 0. The number of rotatable bonds is 5. The Hall–Kier alpha value is -4.48. The highest BCUT2D eigenvalue weighted by atomic mass is 32.2. The van der Waals surface area contributed by atoms with Crippen molar-refractivity contribution >= 4 is 30.6 Å². The monoisotopic (exact) mass is 477 g/mol. The lowest BCUT2D eigenvalue weighted by molar-refractivity contribution is 0.464. The number of aromatic hydroxyl groups is 2. The third-order valence-corrected chi connectivity index (χ3v) is 8.09. The van der Waals surface area contributed by atoms with Crippen LogP contribution in [0.3, 0.4) is 0 Å². The molecule has 6 aromatic rings. The third kappa shape index (κ3) is 4.14. The van der Waals surface area contributed by atoms with Crippen molar-refractivity contribution in [1.82, 2.24) is 0 Å². The van der Waals surface area contributed by atoms with Crippen molar-refractivity contribution in [1.29, 1.82) is 0 Å². The first-order chi connectivity index (χ1) is 17.1. The van der Waals surface area contributed by atoms with Gasteiger partial charge in [0, 0.05) is 22.6 Å². The number of fused-ring (bicyclic) bond motifs is 3. The lowest BCUT2D eigenvalue weighted by atomic mass is 10.1. The van der Waals surface area contributed by atoms with E-state index < -0.39 is 0 Å². The average Bonchev–Trinajstić information content (AvgIpc) is 3.20. The molecule has 0 atom stereocenters. The number of phenolic OH excluding ortho intramolecular Hbond substituents is 2. The molecule has 0 aliphatic rings. The van der Waals surface area contributed by atoms with Gasteiger partial charge in [-0.05, 0) is 84.9 Å². The van der Waals surface area contributed by atoms with E-state index in [2.05, 4.69) is 48.5 Å². The molecule has 0 radical (unpaired) electrons. The Bertz CT molecular complexity index is 1530. The molecule has 0 fully saturated rings. The van der Waals surface area contributed by atoms with Crippen LogP contribution in [0.15, 0.2) is 115 Å². The Morgan fingerprint density at radius 3 is 1.34 bits per heavy atom. The predicted octanol–water partition coefficient (Wildman–Crippen LogP) is 8.73. The zero-order valence-corrected chi connectivity index (χ0v) is 19.4. The van der Waals surface area contributed by atoms with Crippen LogP contribution in [0.5, 0.6) is 34.5 Å². The number of hydrogen-bond donors (Lipinski definition) is 2. The van der Waals surface area contributed by atoms with Crippen LogP contribution < -0.4 is 9.47 Å². The molecule has 4 nitrogen and oxygen atoms in total. The second-order valence-electron chi connectivity index (χ2n) is 8.13. The minimum Gasteiger partial charge on any atom is -0.508 e. The van der Waals surface area contributed by atoms with E-state index in [1.54, 1.807) is 48.5 Å². The molecule has 0 amide bonds. The molecule has 0 saturated heterocycles. The van der Waals surface area contributed by atoms with Crippen molar-refractivity contribution in [2.75, 3.05) is 0 Å². The second kappa shape index (κ2) is 8.70. The fourth-order valence-electron chi connectivity index (χ4n) is 4.15. The average molecular weight is 478 g/mol. The highest BCUT2D eigenvalue weighted by molar-refractivity contribution is 7.50. The molecule has 0 unspecified atom stereocenters. The van der Waals surface area contributed by atoms with Gasteiger partial charge in [-0.25, -0.2) is 0 Å². The van der Waals surface area contributed by atoms with E-state index in [4.69, 9.17) is 9.47 Å². The number of hydrogen-bond acceptors (Lipinski definition) is 4.